The molecular formula is C36H45NO2P2. The fraction of sp³-hybridized carbons (Fsp3) is 0.472. The molecule has 5 heteroatoms. The van der Waals surface area contributed by atoms with Gasteiger partial charge >= 0.3 is 6.09 Å². The topological polar surface area (TPSA) is 29.5 Å². The van der Waals surface area contributed by atoms with Crippen LogP contribution in [0.15, 0.2) is 91.0 Å². The number of hydrogen-bond donors (Lipinski definition) is 0. The Morgan fingerprint density at radius 1 is 0.659 bits per heavy atom. The van der Waals surface area contributed by atoms with Gasteiger partial charge in [0.05, 0.1) is 0 Å². The highest BCUT2D eigenvalue weighted by Gasteiger charge is 2.45. The van der Waals surface area contributed by atoms with Gasteiger partial charge in [0.2, 0.25) is 0 Å². The molecule has 2 saturated carbocycles. The van der Waals surface area contributed by atoms with Crippen LogP contribution in [-0.4, -0.2) is 46.7 Å². The lowest BCUT2D eigenvalue weighted by molar-refractivity contribution is 0.151. The number of carbonyl (C=O) groups is 1. The Kier molecular flexibility index (Phi) is 10.1. The monoisotopic (exact) mass is 585 g/mol. The molecule has 0 bridgehead atoms. The zero-order valence-corrected chi connectivity index (χ0v) is 26.1. The molecule has 3 nitrogen and oxygen atoms in total. The standard InChI is InChI=1S/C36H45NO2P2/c38-36(39-30-16-6-1-7-17-30)37-27-35(41(33-22-12-4-13-23-33)34-24-14-5-15-25-34)26-29(37)28-40(31-18-8-2-9-19-31)32-20-10-3-11-21-32/h1-3,6-11,16-21,29,33-35H,4-5,12-15,22-28H2/t29-,35-/m0/s1. The lowest BCUT2D eigenvalue weighted by Crippen LogP contribution is -2.40. The summed E-state index contributed by atoms with van der Waals surface area (Å²) in [5.41, 5.74) is 2.41. The van der Waals surface area contributed by atoms with E-state index in [9.17, 15) is 4.79 Å². The molecule has 0 aromatic heterocycles. The number of likely N-dealkylation sites (tertiary alicyclic amines) is 1. The highest BCUT2D eigenvalue weighted by molar-refractivity contribution is 7.73. The first-order valence-electron chi connectivity index (χ1n) is 15.9. The Labute approximate surface area is 249 Å². The van der Waals surface area contributed by atoms with Crippen LogP contribution < -0.4 is 15.3 Å². The summed E-state index contributed by atoms with van der Waals surface area (Å²) < 4.78 is 6.04. The van der Waals surface area contributed by atoms with E-state index in [0.29, 0.717) is 11.4 Å². The average molecular weight is 586 g/mol. The Morgan fingerprint density at radius 2 is 1.15 bits per heavy atom. The van der Waals surface area contributed by atoms with E-state index < -0.39 is 7.92 Å². The quantitative estimate of drug-likeness (QED) is 0.247. The Morgan fingerprint density at radius 3 is 1.66 bits per heavy atom. The number of rotatable bonds is 8. The van der Waals surface area contributed by atoms with Gasteiger partial charge in [-0.15, -0.1) is 0 Å². The molecule has 0 unspecified atom stereocenters. The minimum Gasteiger partial charge on any atom is -0.410 e. The van der Waals surface area contributed by atoms with Gasteiger partial charge in [0, 0.05) is 12.6 Å². The summed E-state index contributed by atoms with van der Waals surface area (Å²) in [6, 6.07) is 31.9. The van der Waals surface area contributed by atoms with Crippen molar-refractivity contribution in [2.45, 2.75) is 93.6 Å². The second kappa shape index (κ2) is 14.3. The van der Waals surface area contributed by atoms with E-state index >= 15 is 0 Å². The van der Waals surface area contributed by atoms with E-state index in [-0.39, 0.29) is 20.1 Å². The number of para-hydroxylation sites is 1. The van der Waals surface area contributed by atoms with Crippen LogP contribution in [0.4, 0.5) is 4.79 Å². The largest absolute Gasteiger partial charge is 0.415 e. The third-order valence-electron chi connectivity index (χ3n) is 9.52. The van der Waals surface area contributed by atoms with E-state index in [2.05, 4.69) is 65.6 Å². The van der Waals surface area contributed by atoms with Crippen LogP contribution in [0.25, 0.3) is 0 Å². The third kappa shape index (κ3) is 7.24. The van der Waals surface area contributed by atoms with Crippen LogP contribution in [0, 0.1) is 0 Å². The van der Waals surface area contributed by atoms with Gasteiger partial charge in [-0.25, -0.2) is 4.79 Å². The molecule has 3 aromatic rings. The molecular weight excluding hydrogens is 540 g/mol. The van der Waals surface area contributed by atoms with E-state index in [0.717, 1.165) is 30.4 Å². The van der Waals surface area contributed by atoms with Gasteiger partial charge in [-0.05, 0) is 85.9 Å². The maximum atomic E-state index is 13.9. The molecule has 1 heterocycles. The number of carbonyl (C=O) groups excluding carboxylic acids is 1. The predicted octanol–water partition coefficient (Wildman–Crippen LogP) is 8.91. The van der Waals surface area contributed by atoms with Crippen molar-refractivity contribution in [2.24, 2.45) is 0 Å². The summed E-state index contributed by atoms with van der Waals surface area (Å²) in [4.78, 5) is 16.1. The van der Waals surface area contributed by atoms with E-state index in [1.807, 2.05) is 30.3 Å². The van der Waals surface area contributed by atoms with Gasteiger partial charge in [0.25, 0.3) is 0 Å². The number of nitrogens with zero attached hydrogens (tertiary/aromatic N) is 1. The molecule has 41 heavy (non-hydrogen) atoms. The van der Waals surface area contributed by atoms with Crippen molar-refractivity contribution in [1.82, 2.24) is 4.90 Å². The van der Waals surface area contributed by atoms with Crippen LogP contribution in [-0.2, 0) is 0 Å². The molecule has 0 N–H and O–H groups in total. The molecule has 1 aliphatic heterocycles. The van der Waals surface area contributed by atoms with Gasteiger partial charge < -0.3 is 9.64 Å². The molecule has 216 valence electrons. The van der Waals surface area contributed by atoms with Crippen molar-refractivity contribution in [2.75, 3.05) is 12.7 Å². The second-order valence-electron chi connectivity index (χ2n) is 12.2. The van der Waals surface area contributed by atoms with Gasteiger partial charge in [-0.1, -0.05) is 125 Å². The highest BCUT2D eigenvalue weighted by atomic mass is 31.1. The summed E-state index contributed by atoms with van der Waals surface area (Å²) in [7, 11) is -0.693. The van der Waals surface area contributed by atoms with Crippen molar-refractivity contribution in [3.05, 3.63) is 91.0 Å². The maximum absolute atomic E-state index is 13.9. The van der Waals surface area contributed by atoms with Crippen LogP contribution in [0.2, 0.25) is 0 Å². The van der Waals surface area contributed by atoms with Gasteiger partial charge in [-0.3, -0.25) is 0 Å². The zero-order valence-electron chi connectivity index (χ0n) is 24.3. The first-order chi connectivity index (χ1) is 20.3. The lowest BCUT2D eigenvalue weighted by atomic mass is 9.99. The minimum atomic E-state index is -0.582. The first-order valence-corrected chi connectivity index (χ1v) is 19.0. The number of ether oxygens (including phenoxy) is 1. The average Bonchev–Trinajstić information content (AvgIpc) is 3.46. The number of benzene rings is 3. The van der Waals surface area contributed by atoms with Crippen molar-refractivity contribution < 1.29 is 9.53 Å². The van der Waals surface area contributed by atoms with Crippen LogP contribution >= 0.6 is 15.8 Å². The normalized spacial score (nSPS) is 22.3. The third-order valence-corrected chi connectivity index (χ3v) is 16.1. The molecule has 1 amide bonds. The van der Waals surface area contributed by atoms with Crippen LogP contribution in [0.3, 0.4) is 0 Å². The van der Waals surface area contributed by atoms with E-state index in [1.54, 1.807) is 0 Å². The van der Waals surface area contributed by atoms with Crippen molar-refractivity contribution in [1.29, 1.82) is 0 Å². The van der Waals surface area contributed by atoms with E-state index in [4.69, 9.17) is 4.74 Å². The fourth-order valence-electron chi connectivity index (χ4n) is 7.59. The summed E-state index contributed by atoms with van der Waals surface area (Å²) in [5.74, 6) is 0.648. The molecule has 3 fully saturated rings. The molecule has 1 saturated heterocycles. The first kappa shape index (κ1) is 28.9. The summed E-state index contributed by atoms with van der Waals surface area (Å²) in [6.45, 7) is 0.877. The second-order valence-corrected chi connectivity index (χ2v) is 17.5. The van der Waals surface area contributed by atoms with Gasteiger partial charge in [-0.2, -0.15) is 0 Å². The van der Waals surface area contributed by atoms with Crippen molar-refractivity contribution in [3.8, 4) is 5.75 Å². The molecule has 0 spiro atoms. The summed E-state index contributed by atoms with van der Waals surface area (Å²) in [6.07, 6.45) is 16.1. The zero-order chi connectivity index (χ0) is 27.9. The van der Waals surface area contributed by atoms with Crippen molar-refractivity contribution >= 4 is 32.5 Å². The summed E-state index contributed by atoms with van der Waals surface area (Å²) in [5, 5.41) is 2.80. The summed E-state index contributed by atoms with van der Waals surface area (Å²) >= 11 is 0. The smallest absolute Gasteiger partial charge is 0.410 e. The van der Waals surface area contributed by atoms with Crippen molar-refractivity contribution in [3.63, 3.8) is 0 Å². The maximum Gasteiger partial charge on any atom is 0.415 e. The Bertz CT molecular complexity index is 1150. The van der Waals surface area contributed by atoms with Gasteiger partial charge in [0.1, 0.15) is 5.75 Å². The number of hydrogen-bond acceptors (Lipinski definition) is 2. The Balaban J connectivity index is 1.31. The molecule has 3 aromatic carbocycles. The predicted molar refractivity (Wildman–Crippen MR) is 176 cm³/mol. The van der Waals surface area contributed by atoms with Gasteiger partial charge in [0.15, 0.2) is 0 Å². The van der Waals surface area contributed by atoms with E-state index in [1.165, 1.54) is 74.8 Å². The molecule has 0 radical (unpaired) electrons. The SMILES string of the molecule is O=C(Oc1ccccc1)N1C[C@@H](P(C2CCCCC2)C2CCCCC2)C[C@H]1CP(c1ccccc1)c1ccccc1. The Hall–Kier alpha value is -2.21. The fourth-order valence-corrected chi connectivity index (χ4v) is 14.7. The molecule has 2 atom stereocenters. The molecule has 2 aliphatic carbocycles. The minimum absolute atomic E-state index is 0.111. The van der Waals surface area contributed by atoms with Crippen LogP contribution in [0.1, 0.15) is 70.6 Å². The highest BCUT2D eigenvalue weighted by Crippen LogP contribution is 2.61. The van der Waals surface area contributed by atoms with Crippen LogP contribution in [0.5, 0.6) is 5.75 Å². The lowest BCUT2D eigenvalue weighted by Gasteiger charge is -2.42. The molecule has 6 rings (SSSR count). The molecule has 3 aliphatic rings. The number of amides is 1.